The number of benzene rings is 1. The minimum atomic E-state index is -4.62. The van der Waals surface area contributed by atoms with Crippen LogP contribution in [-0.4, -0.2) is 46.5 Å². The molecule has 0 spiro atoms. The number of ether oxygens (including phenoxy) is 2. The molecule has 11 heteroatoms. The maximum absolute atomic E-state index is 13.0. The molecular formula is C22H20F3N3O5. The molecule has 3 heterocycles. The van der Waals surface area contributed by atoms with Crippen molar-refractivity contribution in [1.29, 1.82) is 0 Å². The van der Waals surface area contributed by atoms with Crippen molar-refractivity contribution in [1.82, 2.24) is 14.7 Å². The van der Waals surface area contributed by atoms with Gasteiger partial charge in [0.15, 0.2) is 11.5 Å². The topological polar surface area (TPSA) is 86.8 Å². The number of nitrogens with zero attached hydrogens (tertiary/aromatic N) is 3. The fourth-order valence-electron chi connectivity index (χ4n) is 3.31. The first-order valence-corrected chi connectivity index (χ1v) is 10.1. The van der Waals surface area contributed by atoms with Crippen LogP contribution in [0, 0.1) is 0 Å². The van der Waals surface area contributed by atoms with E-state index in [9.17, 15) is 22.8 Å². The van der Waals surface area contributed by atoms with Crippen LogP contribution in [0.4, 0.5) is 13.2 Å². The highest BCUT2D eigenvalue weighted by Crippen LogP contribution is 2.33. The van der Waals surface area contributed by atoms with Crippen LogP contribution in [0.3, 0.4) is 0 Å². The number of rotatable bonds is 6. The van der Waals surface area contributed by atoms with Gasteiger partial charge >= 0.3 is 6.18 Å². The third-order valence-electron chi connectivity index (χ3n) is 4.84. The highest BCUT2D eigenvalue weighted by atomic mass is 19.4. The van der Waals surface area contributed by atoms with Gasteiger partial charge in [0.05, 0.1) is 31.7 Å². The van der Waals surface area contributed by atoms with E-state index in [2.05, 4.69) is 5.10 Å². The summed E-state index contributed by atoms with van der Waals surface area (Å²) in [5.41, 5.74) is 0.334. The first-order valence-electron chi connectivity index (χ1n) is 10.1. The van der Waals surface area contributed by atoms with Crippen molar-refractivity contribution in [3.8, 4) is 22.8 Å². The van der Waals surface area contributed by atoms with E-state index in [1.54, 1.807) is 18.2 Å². The fraction of sp³-hybridized carbons (Fsp3) is 0.318. The predicted molar refractivity (Wildman–Crippen MR) is 110 cm³/mol. The number of fused-ring (bicyclic) bond motifs is 1. The van der Waals surface area contributed by atoms with Crippen LogP contribution < -0.4 is 15.0 Å². The van der Waals surface area contributed by atoms with Crippen LogP contribution in [-0.2, 0) is 17.9 Å². The van der Waals surface area contributed by atoms with Crippen LogP contribution >= 0.6 is 0 Å². The highest BCUT2D eigenvalue weighted by molar-refractivity contribution is 5.76. The van der Waals surface area contributed by atoms with Crippen LogP contribution in [0.15, 0.2) is 57.9 Å². The molecular weight excluding hydrogens is 443 g/mol. The third kappa shape index (κ3) is 5.73. The van der Waals surface area contributed by atoms with Gasteiger partial charge < -0.3 is 18.8 Å². The van der Waals surface area contributed by atoms with Crippen molar-refractivity contribution >= 4 is 5.91 Å². The summed E-state index contributed by atoms with van der Waals surface area (Å²) >= 11 is 0. The van der Waals surface area contributed by atoms with Crippen LogP contribution in [0.5, 0.6) is 11.5 Å². The summed E-state index contributed by atoms with van der Waals surface area (Å²) in [4.78, 5) is 25.6. The number of hydrogen-bond acceptors (Lipinski definition) is 6. The SMILES string of the molecule is O=C(Cn1nc(-c2ccc3c(c2)OCCCO3)ccc1=O)N(Cc1ccco1)CC(F)(F)F. The van der Waals surface area contributed by atoms with Crippen LogP contribution in [0.2, 0.25) is 0 Å². The summed E-state index contributed by atoms with van der Waals surface area (Å²) in [6.45, 7) is -1.51. The van der Waals surface area contributed by atoms with Gasteiger partial charge in [-0.25, -0.2) is 4.68 Å². The van der Waals surface area contributed by atoms with Crippen molar-refractivity contribution in [2.45, 2.75) is 25.7 Å². The lowest BCUT2D eigenvalue weighted by Crippen LogP contribution is -2.41. The van der Waals surface area contributed by atoms with Crippen molar-refractivity contribution in [3.63, 3.8) is 0 Å². The molecule has 0 bridgehead atoms. The van der Waals surface area contributed by atoms with Gasteiger partial charge in [-0.3, -0.25) is 9.59 Å². The van der Waals surface area contributed by atoms with Gasteiger partial charge in [0.25, 0.3) is 5.56 Å². The van der Waals surface area contributed by atoms with Crippen molar-refractivity contribution in [2.75, 3.05) is 19.8 Å². The molecule has 1 aliphatic heterocycles. The van der Waals surface area contributed by atoms with Gasteiger partial charge in [-0.15, -0.1) is 0 Å². The molecule has 0 atom stereocenters. The highest BCUT2D eigenvalue weighted by Gasteiger charge is 2.33. The number of carbonyl (C=O) groups excluding carboxylic acids is 1. The number of alkyl halides is 3. The molecule has 0 saturated carbocycles. The third-order valence-corrected chi connectivity index (χ3v) is 4.84. The Morgan fingerprint density at radius 3 is 2.61 bits per heavy atom. The van der Waals surface area contributed by atoms with E-state index < -0.39 is 30.7 Å². The quantitative estimate of drug-likeness (QED) is 0.558. The molecule has 1 amide bonds. The van der Waals surface area contributed by atoms with Crippen LogP contribution in [0.25, 0.3) is 11.3 Å². The van der Waals surface area contributed by atoms with Gasteiger partial charge in [-0.1, -0.05) is 0 Å². The summed E-state index contributed by atoms with van der Waals surface area (Å²) in [5.74, 6) is 0.374. The Hall–Kier alpha value is -3.76. The van der Waals surface area contributed by atoms with E-state index >= 15 is 0 Å². The molecule has 2 aromatic heterocycles. The Bertz CT molecular complexity index is 1170. The molecule has 8 nitrogen and oxygen atoms in total. The normalized spacial score (nSPS) is 13.4. The number of hydrogen-bond donors (Lipinski definition) is 0. The smallest absolute Gasteiger partial charge is 0.406 e. The zero-order chi connectivity index (χ0) is 23.4. The zero-order valence-corrected chi connectivity index (χ0v) is 17.4. The average Bonchev–Trinajstić information content (AvgIpc) is 3.16. The lowest BCUT2D eigenvalue weighted by Gasteiger charge is -2.23. The van der Waals surface area contributed by atoms with Crippen molar-refractivity contribution in [3.05, 3.63) is 64.8 Å². The summed E-state index contributed by atoms with van der Waals surface area (Å²) in [6.07, 6.45) is -2.58. The monoisotopic (exact) mass is 463 g/mol. The molecule has 33 heavy (non-hydrogen) atoms. The van der Waals surface area contributed by atoms with Crippen molar-refractivity contribution < 1.29 is 31.9 Å². The Kier molecular flexibility index (Phi) is 6.38. The Morgan fingerprint density at radius 2 is 1.88 bits per heavy atom. The molecule has 1 aromatic carbocycles. The summed E-state index contributed by atoms with van der Waals surface area (Å²) in [7, 11) is 0. The molecule has 0 fully saturated rings. The second kappa shape index (κ2) is 9.39. The molecule has 0 unspecified atom stereocenters. The standard InChI is InChI=1S/C22H20F3N3O5/c23-22(24,25)14-27(12-16-3-1-8-31-16)21(30)13-28-20(29)7-5-17(26-28)15-4-6-18-19(11-15)33-10-2-9-32-18/h1,3-8,11H,2,9-10,12-14H2. The van der Waals surface area contributed by atoms with E-state index in [1.807, 2.05) is 0 Å². The molecule has 0 saturated heterocycles. The van der Waals surface area contributed by atoms with E-state index in [4.69, 9.17) is 13.9 Å². The number of amides is 1. The molecule has 4 rings (SSSR count). The minimum absolute atomic E-state index is 0.189. The number of carbonyl (C=O) groups is 1. The molecule has 0 aliphatic carbocycles. The van der Waals surface area contributed by atoms with E-state index in [0.29, 0.717) is 40.9 Å². The Balaban J connectivity index is 1.57. The van der Waals surface area contributed by atoms with Crippen molar-refractivity contribution in [2.24, 2.45) is 0 Å². The lowest BCUT2D eigenvalue weighted by molar-refractivity contribution is -0.163. The lowest BCUT2D eigenvalue weighted by atomic mass is 10.1. The van der Waals surface area contributed by atoms with Crippen LogP contribution in [0.1, 0.15) is 12.2 Å². The Labute approximate surface area is 186 Å². The molecule has 1 aliphatic rings. The largest absolute Gasteiger partial charge is 0.490 e. The first-order chi connectivity index (χ1) is 15.8. The van der Waals surface area contributed by atoms with E-state index in [0.717, 1.165) is 11.1 Å². The average molecular weight is 463 g/mol. The number of furan rings is 1. The number of halogens is 3. The summed E-state index contributed by atoms with van der Waals surface area (Å²) in [6, 6.07) is 10.8. The van der Waals surface area contributed by atoms with E-state index in [-0.39, 0.29) is 12.3 Å². The minimum Gasteiger partial charge on any atom is -0.490 e. The molecule has 0 radical (unpaired) electrons. The van der Waals surface area contributed by atoms with Gasteiger partial charge in [-0.2, -0.15) is 18.3 Å². The Morgan fingerprint density at radius 1 is 1.09 bits per heavy atom. The fourth-order valence-corrected chi connectivity index (χ4v) is 3.31. The maximum Gasteiger partial charge on any atom is 0.406 e. The second-order valence-corrected chi connectivity index (χ2v) is 7.37. The number of aromatic nitrogens is 2. The predicted octanol–water partition coefficient (Wildman–Crippen LogP) is 3.26. The molecule has 174 valence electrons. The second-order valence-electron chi connectivity index (χ2n) is 7.37. The van der Waals surface area contributed by atoms with Gasteiger partial charge in [-0.05, 0) is 36.4 Å². The molecule has 0 N–H and O–H groups in total. The van der Waals surface area contributed by atoms with Gasteiger partial charge in [0.2, 0.25) is 5.91 Å². The van der Waals surface area contributed by atoms with Gasteiger partial charge in [0, 0.05) is 18.1 Å². The van der Waals surface area contributed by atoms with Gasteiger partial charge in [0.1, 0.15) is 18.8 Å². The first kappa shape index (κ1) is 22.4. The molecule has 3 aromatic rings. The summed E-state index contributed by atoms with van der Waals surface area (Å²) in [5, 5.41) is 4.19. The van der Waals surface area contributed by atoms with E-state index in [1.165, 1.54) is 30.5 Å². The maximum atomic E-state index is 13.0. The summed E-state index contributed by atoms with van der Waals surface area (Å²) < 4.78 is 56.3. The zero-order valence-electron chi connectivity index (χ0n) is 17.4.